The number of ether oxygens (including phenoxy) is 2. The number of rotatable bonds is 8. The summed E-state index contributed by atoms with van der Waals surface area (Å²) >= 11 is 0. The molecule has 1 fully saturated rings. The molecular weight excluding hydrogens is 593 g/mol. The Balaban J connectivity index is 1.20. The van der Waals surface area contributed by atoms with E-state index in [4.69, 9.17) is 30.0 Å². The number of aliphatic hydroxyl groups is 2. The number of phosphoric ester groups is 1. The van der Waals surface area contributed by atoms with Crippen LogP contribution in [-0.4, -0.2) is 91.9 Å². The first-order valence-electron chi connectivity index (χ1n) is 11.9. The van der Waals surface area contributed by atoms with Crippen molar-refractivity contribution in [2.45, 2.75) is 37.0 Å². The van der Waals surface area contributed by atoms with Crippen LogP contribution in [0.3, 0.4) is 0 Å². The molecule has 1 saturated heterocycles. The van der Waals surface area contributed by atoms with E-state index in [0.29, 0.717) is 0 Å². The van der Waals surface area contributed by atoms with Crippen LogP contribution in [0.15, 0.2) is 35.3 Å². The van der Waals surface area contributed by atoms with Crippen LogP contribution in [0.5, 0.6) is 0 Å². The van der Waals surface area contributed by atoms with Crippen molar-refractivity contribution in [3.8, 4) is 0 Å². The van der Waals surface area contributed by atoms with Gasteiger partial charge in [0, 0.05) is 0 Å². The van der Waals surface area contributed by atoms with Gasteiger partial charge in [0.15, 0.2) is 46.5 Å². The van der Waals surface area contributed by atoms with E-state index in [1.807, 2.05) is 0 Å². The molecule has 8 N–H and O–H groups in total. The maximum Gasteiger partial charge on any atom is 0.473 e. The number of H-pyrrole nitrogens is 1. The zero-order valence-electron chi connectivity index (χ0n) is 20.9. The molecule has 19 nitrogen and oxygen atoms in total. The number of imidazole rings is 2. The number of aromatic nitrogens is 8. The summed E-state index contributed by atoms with van der Waals surface area (Å²) in [5.74, 6) is -1.80. The number of aromatic amines is 1. The van der Waals surface area contributed by atoms with E-state index >= 15 is 4.39 Å². The van der Waals surface area contributed by atoms with Crippen LogP contribution in [0.2, 0.25) is 0 Å². The summed E-state index contributed by atoms with van der Waals surface area (Å²) < 4.78 is 66.1. The van der Waals surface area contributed by atoms with Crippen molar-refractivity contribution < 1.29 is 47.0 Å². The van der Waals surface area contributed by atoms with Crippen LogP contribution in [0.25, 0.3) is 22.3 Å². The number of halogens is 2. The van der Waals surface area contributed by atoms with Crippen molar-refractivity contribution in [2.24, 2.45) is 0 Å². The highest BCUT2D eigenvalue weighted by Gasteiger charge is 2.51. The standard InChI is InChI=1S/C20H21F2N10O9P/c21-8-6(1-33)39-19(32-5-28-11-16(32)29-20(24)30-17(11)35)13(8)41-42(36,37)38-2-7-12(34)9(22)18(40-7)31-4-27-10-14(23)25-3-26-15(10)31/h3-6,8-9,13,18-19,33-34H,1-2H2,(H,36,37)(H2,23,25,26)(H3,24,29,30,35)/t6-,8?,9?,13?,18-,19-/m1/s1. The van der Waals surface area contributed by atoms with E-state index in [1.165, 1.54) is 0 Å². The molecule has 42 heavy (non-hydrogen) atoms. The fourth-order valence-electron chi connectivity index (χ4n) is 4.55. The molecule has 2 aliphatic heterocycles. The second kappa shape index (κ2) is 10.2. The van der Waals surface area contributed by atoms with Gasteiger partial charge in [-0.3, -0.25) is 28.0 Å². The number of alkyl halides is 2. The molecule has 4 aromatic heterocycles. The SMILES string of the molecule is Nc1nc2c(ncn2[C@@H]2O[C@H](CO)C(F)C2OP(=O)(O)OCC2=C(O)C(F)[C@H](n3cnc4c(N)ncnc43)O2)c(=O)[nH]1. The van der Waals surface area contributed by atoms with E-state index in [9.17, 15) is 28.9 Å². The molecule has 0 spiro atoms. The van der Waals surface area contributed by atoms with Crippen LogP contribution < -0.4 is 17.0 Å². The van der Waals surface area contributed by atoms with Crippen molar-refractivity contribution in [3.05, 3.63) is 40.9 Å². The van der Waals surface area contributed by atoms with Gasteiger partial charge in [0.1, 0.15) is 37.0 Å². The summed E-state index contributed by atoms with van der Waals surface area (Å²) in [5, 5.41) is 19.8. The number of nitrogen functional groups attached to an aromatic ring is 2. The van der Waals surface area contributed by atoms with Gasteiger partial charge in [0.05, 0.1) is 12.9 Å². The number of aliphatic hydroxyl groups excluding tert-OH is 2. The summed E-state index contributed by atoms with van der Waals surface area (Å²) in [5.41, 5.74) is 10.5. The molecule has 4 unspecified atom stereocenters. The Bertz CT molecular complexity index is 1810. The third kappa shape index (κ3) is 4.61. The Hall–Kier alpha value is -4.27. The van der Waals surface area contributed by atoms with Crippen LogP contribution in [-0.2, 0) is 23.1 Å². The maximum absolute atomic E-state index is 15.2. The smallest absolute Gasteiger partial charge is 0.473 e. The monoisotopic (exact) mass is 614 g/mol. The topological polar surface area (TPSA) is 274 Å². The first-order chi connectivity index (χ1) is 20.0. The van der Waals surface area contributed by atoms with Gasteiger partial charge >= 0.3 is 7.82 Å². The number of hydrogen-bond donors (Lipinski definition) is 6. The Morgan fingerprint density at radius 2 is 1.81 bits per heavy atom. The van der Waals surface area contributed by atoms with Crippen LogP contribution >= 0.6 is 7.82 Å². The van der Waals surface area contributed by atoms with Gasteiger partial charge in [-0.25, -0.2) is 33.3 Å². The minimum absolute atomic E-state index is 0.0183. The number of hydrogen-bond acceptors (Lipinski definition) is 15. The van der Waals surface area contributed by atoms with Crippen molar-refractivity contribution >= 4 is 41.9 Å². The van der Waals surface area contributed by atoms with Gasteiger partial charge in [0.2, 0.25) is 18.3 Å². The van der Waals surface area contributed by atoms with Crippen molar-refractivity contribution in [2.75, 3.05) is 24.7 Å². The molecule has 0 aromatic carbocycles. The van der Waals surface area contributed by atoms with Crippen molar-refractivity contribution in [1.82, 2.24) is 39.0 Å². The number of fused-ring (bicyclic) bond motifs is 2. The summed E-state index contributed by atoms with van der Waals surface area (Å²) in [6.07, 6.45) is -7.57. The average Bonchev–Trinajstić information content (AvgIpc) is 3.69. The second-order valence-electron chi connectivity index (χ2n) is 9.08. The van der Waals surface area contributed by atoms with Gasteiger partial charge in [-0.15, -0.1) is 0 Å². The number of nitrogens with one attached hydrogen (secondary N) is 1. The molecule has 7 atom stereocenters. The molecule has 22 heteroatoms. The molecular formula is C20H21F2N10O9P. The third-order valence-corrected chi connectivity index (χ3v) is 7.47. The summed E-state index contributed by atoms with van der Waals surface area (Å²) in [7, 11) is -5.21. The van der Waals surface area contributed by atoms with E-state index in [2.05, 4.69) is 29.9 Å². The lowest BCUT2D eigenvalue weighted by atomic mass is 10.1. The highest BCUT2D eigenvalue weighted by atomic mass is 31.2. The van der Waals surface area contributed by atoms with Crippen LogP contribution in [0.1, 0.15) is 12.5 Å². The Kier molecular flexibility index (Phi) is 6.78. The van der Waals surface area contributed by atoms with Crippen LogP contribution in [0.4, 0.5) is 20.5 Å². The van der Waals surface area contributed by atoms with Crippen molar-refractivity contribution in [1.29, 1.82) is 0 Å². The minimum atomic E-state index is -5.21. The highest BCUT2D eigenvalue weighted by Crippen LogP contribution is 2.51. The van der Waals surface area contributed by atoms with Crippen molar-refractivity contribution in [3.63, 3.8) is 0 Å². The Labute approximate surface area is 231 Å². The molecule has 0 radical (unpaired) electrons. The van der Waals surface area contributed by atoms with E-state index in [0.717, 1.165) is 28.1 Å². The molecule has 6 heterocycles. The first-order valence-corrected chi connectivity index (χ1v) is 13.4. The minimum Gasteiger partial charge on any atom is -0.506 e. The third-order valence-electron chi connectivity index (χ3n) is 6.50. The zero-order valence-corrected chi connectivity index (χ0v) is 21.8. The number of anilines is 2. The molecule has 2 aliphatic rings. The van der Waals surface area contributed by atoms with Gasteiger partial charge < -0.3 is 36.0 Å². The normalized spacial score (nSPS) is 27.6. The largest absolute Gasteiger partial charge is 0.506 e. The molecule has 6 rings (SSSR count). The molecule has 0 aliphatic carbocycles. The van der Waals surface area contributed by atoms with E-state index in [-0.39, 0.29) is 34.1 Å². The predicted octanol–water partition coefficient (Wildman–Crippen LogP) is -0.510. The Morgan fingerprint density at radius 1 is 1.10 bits per heavy atom. The molecule has 224 valence electrons. The van der Waals surface area contributed by atoms with E-state index < -0.39 is 75.1 Å². The van der Waals surface area contributed by atoms with Gasteiger partial charge in [-0.2, -0.15) is 4.98 Å². The summed E-state index contributed by atoms with van der Waals surface area (Å²) in [6, 6.07) is 0. The fourth-order valence-corrected chi connectivity index (χ4v) is 5.42. The fraction of sp³-hybridized carbons (Fsp3) is 0.400. The summed E-state index contributed by atoms with van der Waals surface area (Å²) in [4.78, 5) is 44.3. The lowest BCUT2D eigenvalue weighted by molar-refractivity contribution is -0.0503. The number of nitrogens with zero attached hydrogens (tertiary/aromatic N) is 7. The van der Waals surface area contributed by atoms with Gasteiger partial charge in [-0.1, -0.05) is 0 Å². The first kappa shape index (κ1) is 27.9. The molecule has 0 bridgehead atoms. The van der Waals surface area contributed by atoms with E-state index in [1.54, 1.807) is 0 Å². The lowest BCUT2D eigenvalue weighted by Gasteiger charge is -2.23. The summed E-state index contributed by atoms with van der Waals surface area (Å²) in [6.45, 7) is -1.83. The molecule has 0 amide bonds. The van der Waals surface area contributed by atoms with Crippen LogP contribution in [0, 0.1) is 0 Å². The zero-order chi connectivity index (χ0) is 29.9. The number of phosphoric acid groups is 1. The van der Waals surface area contributed by atoms with Gasteiger partial charge in [0.25, 0.3) is 5.56 Å². The maximum atomic E-state index is 15.2. The lowest BCUT2D eigenvalue weighted by Crippen LogP contribution is -2.32. The van der Waals surface area contributed by atoms with Gasteiger partial charge in [-0.05, 0) is 0 Å². The molecule has 0 saturated carbocycles. The predicted molar refractivity (Wildman–Crippen MR) is 134 cm³/mol. The molecule has 4 aromatic rings. The highest BCUT2D eigenvalue weighted by molar-refractivity contribution is 7.47. The number of nitrogens with two attached hydrogens (primary N) is 2. The quantitative estimate of drug-likeness (QED) is 0.136. The second-order valence-corrected chi connectivity index (χ2v) is 10.5. The Morgan fingerprint density at radius 3 is 2.55 bits per heavy atom. The average molecular weight is 614 g/mol.